The minimum Gasteiger partial charge on any atom is -0.310 e. The molecule has 10 aromatic carbocycles. The number of hydrogen-bond donors (Lipinski definition) is 0. The van der Waals surface area contributed by atoms with Gasteiger partial charge in [-0.25, -0.2) is 0 Å². The summed E-state index contributed by atoms with van der Waals surface area (Å²) in [6.45, 7) is 0. The Morgan fingerprint density at radius 2 is 0.821 bits per heavy atom. The molecule has 56 heavy (non-hydrogen) atoms. The predicted molar refractivity (Wildman–Crippen MR) is 243 cm³/mol. The third kappa shape index (κ3) is 5.38. The lowest BCUT2D eigenvalue weighted by Crippen LogP contribution is -2.11. The average Bonchev–Trinajstić information content (AvgIpc) is 3.67. The Balaban J connectivity index is 1.04. The highest BCUT2D eigenvalue weighted by molar-refractivity contribution is 7.27. The zero-order valence-electron chi connectivity index (χ0n) is 30.6. The molecule has 11 rings (SSSR count). The quantitative estimate of drug-likeness (QED) is 0.154. The van der Waals surface area contributed by atoms with E-state index in [2.05, 4.69) is 217 Å². The first-order valence-electron chi connectivity index (χ1n) is 19.2. The van der Waals surface area contributed by atoms with Gasteiger partial charge in [-0.3, -0.25) is 0 Å². The topological polar surface area (TPSA) is 3.24 Å². The van der Waals surface area contributed by atoms with E-state index in [1.165, 1.54) is 85.9 Å². The first-order chi connectivity index (χ1) is 27.8. The fourth-order valence-electron chi connectivity index (χ4n) is 8.58. The number of para-hydroxylation sites is 1. The molecule has 11 aromatic rings. The summed E-state index contributed by atoms with van der Waals surface area (Å²) in [5.41, 5.74) is 10.6. The van der Waals surface area contributed by atoms with Gasteiger partial charge in [0.15, 0.2) is 0 Å². The lowest BCUT2D eigenvalue weighted by molar-refractivity contribution is 1.28. The van der Waals surface area contributed by atoms with Crippen molar-refractivity contribution < 1.29 is 0 Å². The van der Waals surface area contributed by atoms with Gasteiger partial charge in [0.2, 0.25) is 0 Å². The lowest BCUT2D eigenvalue weighted by Gasteiger charge is -2.28. The second kappa shape index (κ2) is 13.4. The minimum atomic E-state index is 1.11. The molecule has 1 nitrogen and oxygen atoms in total. The summed E-state index contributed by atoms with van der Waals surface area (Å²) < 4.78 is 2.68. The average molecular weight is 730 g/mol. The van der Waals surface area contributed by atoms with Crippen LogP contribution in [0.1, 0.15) is 0 Å². The Morgan fingerprint density at radius 1 is 0.286 bits per heavy atom. The monoisotopic (exact) mass is 729 g/mol. The van der Waals surface area contributed by atoms with Crippen LogP contribution in [0.4, 0.5) is 17.1 Å². The van der Waals surface area contributed by atoms with Gasteiger partial charge < -0.3 is 4.90 Å². The van der Waals surface area contributed by atoms with Gasteiger partial charge in [-0.15, -0.1) is 11.3 Å². The Morgan fingerprint density at radius 3 is 1.59 bits per heavy atom. The number of thiophene rings is 1. The molecule has 262 valence electrons. The summed E-state index contributed by atoms with van der Waals surface area (Å²) in [6.07, 6.45) is 0. The third-order valence-electron chi connectivity index (χ3n) is 11.3. The molecule has 0 atom stereocenters. The van der Waals surface area contributed by atoms with Gasteiger partial charge in [0.1, 0.15) is 0 Å². The summed E-state index contributed by atoms with van der Waals surface area (Å²) in [5, 5.41) is 10.3. The van der Waals surface area contributed by atoms with Crippen molar-refractivity contribution in [1.82, 2.24) is 0 Å². The molecule has 1 heterocycles. The van der Waals surface area contributed by atoms with E-state index in [-0.39, 0.29) is 0 Å². The van der Waals surface area contributed by atoms with Crippen molar-refractivity contribution in [1.29, 1.82) is 0 Å². The van der Waals surface area contributed by atoms with E-state index >= 15 is 0 Å². The highest BCUT2D eigenvalue weighted by Crippen LogP contribution is 2.45. The van der Waals surface area contributed by atoms with Gasteiger partial charge >= 0.3 is 0 Å². The van der Waals surface area contributed by atoms with E-state index in [0.717, 1.165) is 17.1 Å². The molecule has 0 aliphatic heterocycles. The minimum absolute atomic E-state index is 1.11. The molecule has 0 N–H and O–H groups in total. The van der Waals surface area contributed by atoms with Gasteiger partial charge in [0.05, 0.1) is 5.69 Å². The van der Waals surface area contributed by atoms with E-state index in [0.29, 0.717) is 0 Å². The SMILES string of the molecule is c1ccc(-c2ccccc2N(c2ccc(-c3cc4ccccc4c4ccccc34)cc2)c2ccc(-c3cccc4c3sc3c5ccccc5ccc43)cc2)cc1. The van der Waals surface area contributed by atoms with Crippen LogP contribution in [0.15, 0.2) is 212 Å². The molecule has 0 fully saturated rings. The summed E-state index contributed by atoms with van der Waals surface area (Å²) in [7, 11) is 0. The van der Waals surface area contributed by atoms with Crippen LogP contribution in [-0.2, 0) is 0 Å². The highest BCUT2D eigenvalue weighted by atomic mass is 32.1. The van der Waals surface area contributed by atoms with Crippen LogP contribution in [0.25, 0.3) is 85.9 Å². The van der Waals surface area contributed by atoms with Crippen molar-refractivity contribution >= 4 is 80.9 Å². The highest BCUT2D eigenvalue weighted by Gasteiger charge is 2.19. The molecule has 0 spiro atoms. The van der Waals surface area contributed by atoms with E-state index in [4.69, 9.17) is 0 Å². The van der Waals surface area contributed by atoms with Crippen LogP contribution in [-0.4, -0.2) is 0 Å². The standard InChI is InChI=1S/C54H35NS/c1-2-13-36(14-3-1)44-18-10-11-24-52(44)55(42-32-27-39(28-33-42)51-35-40-16-5-6-17-43(40)47-20-8-9-21-48(47)51)41-30-25-38(26-31-41)46-22-12-23-49-50-34-29-37-15-4-7-19-45(37)54(50)56-53(46)49/h1-35H. The Bertz CT molecular complexity index is 3230. The fraction of sp³-hybridized carbons (Fsp3) is 0. The molecule has 0 saturated carbocycles. The normalized spacial score (nSPS) is 11.6. The zero-order chi connectivity index (χ0) is 37.0. The van der Waals surface area contributed by atoms with Crippen LogP contribution in [0.5, 0.6) is 0 Å². The second-order valence-corrected chi connectivity index (χ2v) is 15.5. The predicted octanol–water partition coefficient (Wildman–Crippen LogP) is 16.0. The Labute approximate surface area is 330 Å². The summed E-state index contributed by atoms with van der Waals surface area (Å²) in [5.74, 6) is 0. The fourth-order valence-corrected chi connectivity index (χ4v) is 9.96. The second-order valence-electron chi connectivity index (χ2n) is 14.5. The summed E-state index contributed by atoms with van der Waals surface area (Å²) in [4.78, 5) is 2.40. The molecular formula is C54H35NS. The zero-order valence-corrected chi connectivity index (χ0v) is 31.4. The van der Waals surface area contributed by atoms with Crippen LogP contribution in [0.2, 0.25) is 0 Å². The number of rotatable bonds is 6. The number of hydrogen-bond acceptors (Lipinski definition) is 2. The van der Waals surface area contributed by atoms with Crippen molar-refractivity contribution in [2.75, 3.05) is 4.90 Å². The molecule has 0 saturated heterocycles. The molecule has 0 aliphatic rings. The van der Waals surface area contributed by atoms with Gasteiger partial charge in [-0.2, -0.15) is 0 Å². The molecular weight excluding hydrogens is 695 g/mol. The van der Waals surface area contributed by atoms with Crippen molar-refractivity contribution in [2.45, 2.75) is 0 Å². The van der Waals surface area contributed by atoms with Crippen molar-refractivity contribution in [2.24, 2.45) is 0 Å². The third-order valence-corrected chi connectivity index (χ3v) is 12.5. The molecule has 0 aliphatic carbocycles. The maximum atomic E-state index is 2.40. The van der Waals surface area contributed by atoms with E-state index in [1.807, 2.05) is 11.3 Å². The van der Waals surface area contributed by atoms with Crippen LogP contribution >= 0.6 is 11.3 Å². The Hall–Kier alpha value is -7.00. The largest absolute Gasteiger partial charge is 0.310 e. The van der Waals surface area contributed by atoms with E-state index in [1.54, 1.807) is 0 Å². The molecule has 0 radical (unpaired) electrons. The molecule has 0 amide bonds. The van der Waals surface area contributed by atoms with Crippen molar-refractivity contribution in [3.05, 3.63) is 212 Å². The smallest absolute Gasteiger partial charge is 0.0540 e. The van der Waals surface area contributed by atoms with Gasteiger partial charge in [-0.1, -0.05) is 176 Å². The van der Waals surface area contributed by atoms with Gasteiger partial charge in [-0.05, 0) is 96.5 Å². The molecule has 0 unspecified atom stereocenters. The number of nitrogens with zero attached hydrogens (tertiary/aromatic N) is 1. The van der Waals surface area contributed by atoms with Crippen LogP contribution in [0.3, 0.4) is 0 Å². The lowest BCUT2D eigenvalue weighted by atomic mass is 9.93. The number of anilines is 3. The Kier molecular flexibility index (Phi) is 7.75. The van der Waals surface area contributed by atoms with Gasteiger partial charge in [0, 0.05) is 37.1 Å². The van der Waals surface area contributed by atoms with E-state index in [9.17, 15) is 0 Å². The maximum absolute atomic E-state index is 2.40. The number of fused-ring (bicyclic) bond motifs is 8. The first-order valence-corrected chi connectivity index (χ1v) is 20.0. The van der Waals surface area contributed by atoms with Gasteiger partial charge in [0.25, 0.3) is 0 Å². The van der Waals surface area contributed by atoms with Crippen LogP contribution < -0.4 is 4.90 Å². The van der Waals surface area contributed by atoms with Crippen molar-refractivity contribution in [3.8, 4) is 33.4 Å². The molecule has 1 aromatic heterocycles. The van der Waals surface area contributed by atoms with Crippen molar-refractivity contribution in [3.63, 3.8) is 0 Å². The molecule has 2 heteroatoms. The van der Waals surface area contributed by atoms with E-state index < -0.39 is 0 Å². The summed E-state index contributed by atoms with van der Waals surface area (Å²) >= 11 is 1.91. The number of benzene rings is 10. The first kappa shape index (κ1) is 32.4. The van der Waals surface area contributed by atoms with Crippen LogP contribution in [0, 0.1) is 0 Å². The maximum Gasteiger partial charge on any atom is 0.0540 e. The molecule has 0 bridgehead atoms. The summed E-state index contributed by atoms with van der Waals surface area (Å²) in [6, 6.07) is 77.5.